The molecule has 2 aromatic carbocycles. The molecule has 0 radical (unpaired) electrons. The predicted molar refractivity (Wildman–Crippen MR) is 89.6 cm³/mol. The molecule has 1 amide bonds. The molecule has 0 atom stereocenters. The molecule has 3 rings (SSSR count). The van der Waals surface area contributed by atoms with Gasteiger partial charge in [0, 0.05) is 20.3 Å². The van der Waals surface area contributed by atoms with Gasteiger partial charge in [-0.1, -0.05) is 11.6 Å². The van der Waals surface area contributed by atoms with E-state index in [-0.39, 0.29) is 5.91 Å². The second-order valence-electron chi connectivity index (χ2n) is 4.44. The molecule has 0 aliphatic carbocycles. The van der Waals surface area contributed by atoms with Gasteiger partial charge in [-0.05, 0) is 52.9 Å². The standard InChI is InChI=1S/C15H11ClINO3/c16-9-1-3-11(12(17)7-9)15(19)18-10-2-4-13-14(8-10)21-6-5-20-13/h1-4,7-8H,5-6H2,(H,18,19). The number of carbonyl (C=O) groups excluding carboxylic acids is 1. The lowest BCUT2D eigenvalue weighted by molar-refractivity contribution is 0.102. The van der Waals surface area contributed by atoms with Crippen molar-refractivity contribution in [1.82, 2.24) is 0 Å². The van der Waals surface area contributed by atoms with Crippen LogP contribution in [0.1, 0.15) is 10.4 Å². The fourth-order valence-electron chi connectivity index (χ4n) is 1.99. The minimum Gasteiger partial charge on any atom is -0.486 e. The molecule has 0 aromatic heterocycles. The van der Waals surface area contributed by atoms with Crippen LogP contribution in [0.25, 0.3) is 0 Å². The molecule has 108 valence electrons. The molecular weight excluding hydrogens is 405 g/mol. The number of halogens is 2. The summed E-state index contributed by atoms with van der Waals surface area (Å²) in [5.41, 5.74) is 1.24. The third-order valence-corrected chi connectivity index (χ3v) is 4.10. The summed E-state index contributed by atoms with van der Waals surface area (Å²) in [7, 11) is 0. The number of benzene rings is 2. The van der Waals surface area contributed by atoms with Crippen molar-refractivity contribution in [3.63, 3.8) is 0 Å². The Bertz CT molecular complexity index is 705. The van der Waals surface area contributed by atoms with Gasteiger partial charge in [0.2, 0.25) is 0 Å². The lowest BCUT2D eigenvalue weighted by Crippen LogP contribution is -2.16. The fraction of sp³-hybridized carbons (Fsp3) is 0.133. The highest BCUT2D eigenvalue weighted by atomic mass is 127. The molecule has 1 aliphatic rings. The first-order chi connectivity index (χ1) is 10.1. The summed E-state index contributed by atoms with van der Waals surface area (Å²) >= 11 is 7.98. The lowest BCUT2D eigenvalue weighted by atomic mass is 10.2. The normalized spacial score (nSPS) is 12.9. The van der Waals surface area contributed by atoms with Crippen molar-refractivity contribution in [2.45, 2.75) is 0 Å². The average Bonchev–Trinajstić information content (AvgIpc) is 2.47. The maximum Gasteiger partial charge on any atom is 0.256 e. The van der Waals surface area contributed by atoms with E-state index in [2.05, 4.69) is 27.9 Å². The van der Waals surface area contributed by atoms with E-state index in [9.17, 15) is 4.79 Å². The van der Waals surface area contributed by atoms with Crippen molar-refractivity contribution in [1.29, 1.82) is 0 Å². The van der Waals surface area contributed by atoms with Crippen molar-refractivity contribution in [3.05, 3.63) is 50.6 Å². The Morgan fingerprint density at radius 2 is 1.86 bits per heavy atom. The van der Waals surface area contributed by atoms with Gasteiger partial charge in [-0.3, -0.25) is 4.79 Å². The van der Waals surface area contributed by atoms with Crippen LogP contribution < -0.4 is 14.8 Å². The Hall–Kier alpha value is -1.47. The number of carbonyl (C=O) groups is 1. The molecular formula is C15H11ClINO3. The summed E-state index contributed by atoms with van der Waals surface area (Å²) < 4.78 is 11.7. The van der Waals surface area contributed by atoms with Crippen molar-refractivity contribution < 1.29 is 14.3 Å². The van der Waals surface area contributed by atoms with Gasteiger partial charge in [-0.15, -0.1) is 0 Å². The minimum absolute atomic E-state index is 0.187. The largest absolute Gasteiger partial charge is 0.486 e. The molecule has 0 saturated heterocycles. The van der Waals surface area contributed by atoms with E-state index in [1.807, 2.05) is 0 Å². The highest BCUT2D eigenvalue weighted by molar-refractivity contribution is 14.1. The molecule has 0 unspecified atom stereocenters. The van der Waals surface area contributed by atoms with E-state index in [0.717, 1.165) is 3.57 Å². The maximum absolute atomic E-state index is 12.3. The van der Waals surface area contributed by atoms with Crippen LogP contribution in [0, 0.1) is 3.57 Å². The van der Waals surface area contributed by atoms with Crippen LogP contribution in [0.3, 0.4) is 0 Å². The second kappa shape index (κ2) is 6.11. The quantitative estimate of drug-likeness (QED) is 0.755. The van der Waals surface area contributed by atoms with Gasteiger partial charge >= 0.3 is 0 Å². The summed E-state index contributed by atoms with van der Waals surface area (Å²) in [5, 5.41) is 3.45. The summed E-state index contributed by atoms with van der Waals surface area (Å²) in [6.07, 6.45) is 0. The molecule has 2 aromatic rings. The van der Waals surface area contributed by atoms with Gasteiger partial charge in [-0.2, -0.15) is 0 Å². The smallest absolute Gasteiger partial charge is 0.256 e. The van der Waals surface area contributed by atoms with Gasteiger partial charge in [-0.25, -0.2) is 0 Å². The van der Waals surface area contributed by atoms with Gasteiger partial charge in [0.25, 0.3) is 5.91 Å². The van der Waals surface area contributed by atoms with Crippen molar-refractivity contribution in [3.8, 4) is 11.5 Å². The van der Waals surface area contributed by atoms with Crippen LogP contribution in [0.5, 0.6) is 11.5 Å². The SMILES string of the molecule is O=C(Nc1ccc2c(c1)OCCO2)c1ccc(Cl)cc1I. The highest BCUT2D eigenvalue weighted by Crippen LogP contribution is 2.32. The summed E-state index contributed by atoms with van der Waals surface area (Å²) in [6, 6.07) is 10.5. The Labute approximate surface area is 140 Å². The first kappa shape index (κ1) is 14.5. The topological polar surface area (TPSA) is 47.6 Å². The Morgan fingerprint density at radius 3 is 2.62 bits per heavy atom. The van der Waals surface area contributed by atoms with Crippen LogP contribution in [0.4, 0.5) is 5.69 Å². The number of ether oxygens (including phenoxy) is 2. The zero-order chi connectivity index (χ0) is 14.8. The first-order valence-electron chi connectivity index (χ1n) is 6.29. The number of anilines is 1. The summed E-state index contributed by atoms with van der Waals surface area (Å²) in [4.78, 5) is 12.3. The predicted octanol–water partition coefficient (Wildman–Crippen LogP) is 3.97. The van der Waals surface area contributed by atoms with E-state index in [1.54, 1.807) is 36.4 Å². The van der Waals surface area contributed by atoms with Crippen molar-refractivity contribution in [2.75, 3.05) is 18.5 Å². The Morgan fingerprint density at radius 1 is 1.10 bits per heavy atom. The van der Waals surface area contributed by atoms with Crippen LogP contribution in [-0.4, -0.2) is 19.1 Å². The molecule has 0 bridgehead atoms. The number of hydrogen-bond donors (Lipinski definition) is 1. The average molecular weight is 416 g/mol. The van der Waals surface area contributed by atoms with E-state index in [1.165, 1.54) is 0 Å². The minimum atomic E-state index is -0.187. The number of hydrogen-bond acceptors (Lipinski definition) is 3. The maximum atomic E-state index is 12.3. The molecule has 1 aliphatic heterocycles. The molecule has 4 nitrogen and oxygen atoms in total. The molecule has 1 N–H and O–H groups in total. The van der Waals surface area contributed by atoms with E-state index in [4.69, 9.17) is 21.1 Å². The summed E-state index contributed by atoms with van der Waals surface area (Å²) in [5.74, 6) is 1.15. The second-order valence-corrected chi connectivity index (χ2v) is 6.04. The van der Waals surface area contributed by atoms with E-state index in [0.29, 0.717) is 41.0 Å². The monoisotopic (exact) mass is 415 g/mol. The Kier molecular flexibility index (Phi) is 4.21. The zero-order valence-corrected chi connectivity index (χ0v) is 13.8. The zero-order valence-electron chi connectivity index (χ0n) is 10.9. The molecule has 0 saturated carbocycles. The Balaban J connectivity index is 1.81. The van der Waals surface area contributed by atoms with Crippen molar-refractivity contribution in [2.24, 2.45) is 0 Å². The van der Waals surface area contributed by atoms with Crippen LogP contribution in [0.2, 0.25) is 5.02 Å². The van der Waals surface area contributed by atoms with E-state index < -0.39 is 0 Å². The van der Waals surface area contributed by atoms with Gasteiger partial charge in [0.05, 0.1) is 5.56 Å². The first-order valence-corrected chi connectivity index (χ1v) is 7.75. The molecule has 21 heavy (non-hydrogen) atoms. The third-order valence-electron chi connectivity index (χ3n) is 2.98. The highest BCUT2D eigenvalue weighted by Gasteiger charge is 2.14. The van der Waals surface area contributed by atoms with Crippen LogP contribution >= 0.6 is 34.2 Å². The van der Waals surface area contributed by atoms with Crippen LogP contribution in [0.15, 0.2) is 36.4 Å². The number of amides is 1. The van der Waals surface area contributed by atoms with Gasteiger partial charge < -0.3 is 14.8 Å². The van der Waals surface area contributed by atoms with Gasteiger partial charge in [0.15, 0.2) is 11.5 Å². The third kappa shape index (κ3) is 3.24. The number of rotatable bonds is 2. The fourth-order valence-corrected chi connectivity index (χ4v) is 3.11. The van der Waals surface area contributed by atoms with E-state index >= 15 is 0 Å². The summed E-state index contributed by atoms with van der Waals surface area (Å²) in [6.45, 7) is 1.06. The molecule has 0 spiro atoms. The van der Waals surface area contributed by atoms with Gasteiger partial charge in [0.1, 0.15) is 13.2 Å². The molecule has 1 heterocycles. The number of nitrogens with one attached hydrogen (secondary N) is 1. The van der Waals surface area contributed by atoms with Crippen molar-refractivity contribution >= 4 is 45.8 Å². The van der Waals surface area contributed by atoms with Crippen LogP contribution in [-0.2, 0) is 0 Å². The lowest BCUT2D eigenvalue weighted by Gasteiger charge is -2.19. The molecule has 6 heteroatoms. The number of fused-ring (bicyclic) bond motifs is 1. The molecule has 0 fully saturated rings.